The van der Waals surface area contributed by atoms with Crippen molar-refractivity contribution in [3.8, 4) is 0 Å². The second-order valence-electron chi connectivity index (χ2n) is 5.22. The van der Waals surface area contributed by atoms with Gasteiger partial charge in [-0.25, -0.2) is 9.97 Å². The number of anilines is 2. The molecule has 1 aromatic carbocycles. The smallest absolute Gasteiger partial charge is 0.278 e. The predicted molar refractivity (Wildman–Crippen MR) is 97.7 cm³/mol. The SMILES string of the molecule is O=C(CCc1ccccc1)Nc1cccnc1C(=O)Nc1nccs1. The van der Waals surface area contributed by atoms with Crippen LogP contribution in [0.1, 0.15) is 22.5 Å². The first-order valence-corrected chi connectivity index (χ1v) is 8.60. The number of aromatic nitrogens is 2. The van der Waals surface area contributed by atoms with Crippen molar-refractivity contribution in [2.75, 3.05) is 10.6 Å². The second kappa shape index (κ2) is 8.16. The van der Waals surface area contributed by atoms with E-state index in [-0.39, 0.29) is 11.6 Å². The maximum Gasteiger partial charge on any atom is 0.278 e. The average Bonchev–Trinajstić information content (AvgIpc) is 3.14. The number of nitrogens with zero attached hydrogens (tertiary/aromatic N) is 2. The Morgan fingerprint density at radius 2 is 1.80 bits per heavy atom. The Labute approximate surface area is 149 Å². The molecule has 0 radical (unpaired) electrons. The van der Waals surface area contributed by atoms with Gasteiger partial charge in [0.15, 0.2) is 10.8 Å². The number of thiazole rings is 1. The first-order chi connectivity index (χ1) is 12.2. The third-order valence-electron chi connectivity index (χ3n) is 3.43. The number of hydrogen-bond donors (Lipinski definition) is 2. The lowest BCUT2D eigenvalue weighted by Gasteiger charge is -2.09. The number of benzene rings is 1. The number of carbonyl (C=O) groups is 2. The van der Waals surface area contributed by atoms with Crippen molar-refractivity contribution in [3.63, 3.8) is 0 Å². The fourth-order valence-electron chi connectivity index (χ4n) is 2.24. The van der Waals surface area contributed by atoms with Gasteiger partial charge >= 0.3 is 0 Å². The van der Waals surface area contributed by atoms with Gasteiger partial charge in [-0.05, 0) is 24.1 Å². The average molecular weight is 352 g/mol. The molecule has 3 aromatic rings. The highest BCUT2D eigenvalue weighted by Gasteiger charge is 2.15. The van der Waals surface area contributed by atoms with E-state index >= 15 is 0 Å². The minimum Gasteiger partial charge on any atom is -0.324 e. The van der Waals surface area contributed by atoms with Gasteiger partial charge in [-0.1, -0.05) is 30.3 Å². The van der Waals surface area contributed by atoms with E-state index in [2.05, 4.69) is 20.6 Å². The summed E-state index contributed by atoms with van der Waals surface area (Å²) in [6.45, 7) is 0. The number of carbonyl (C=O) groups excluding carboxylic acids is 2. The summed E-state index contributed by atoms with van der Waals surface area (Å²) in [5, 5.41) is 7.67. The summed E-state index contributed by atoms with van der Waals surface area (Å²) in [6, 6.07) is 13.1. The van der Waals surface area contributed by atoms with Crippen molar-refractivity contribution in [2.45, 2.75) is 12.8 Å². The van der Waals surface area contributed by atoms with Crippen molar-refractivity contribution in [2.24, 2.45) is 0 Å². The van der Waals surface area contributed by atoms with Gasteiger partial charge in [0.2, 0.25) is 5.91 Å². The molecule has 3 rings (SSSR count). The Kier molecular flexibility index (Phi) is 5.48. The van der Waals surface area contributed by atoms with Crippen LogP contribution in [0.15, 0.2) is 60.2 Å². The van der Waals surface area contributed by atoms with Crippen LogP contribution in [0, 0.1) is 0 Å². The molecule has 0 saturated heterocycles. The highest BCUT2D eigenvalue weighted by Crippen LogP contribution is 2.17. The van der Waals surface area contributed by atoms with E-state index in [1.807, 2.05) is 30.3 Å². The van der Waals surface area contributed by atoms with E-state index in [0.29, 0.717) is 23.7 Å². The maximum atomic E-state index is 12.3. The van der Waals surface area contributed by atoms with Crippen LogP contribution >= 0.6 is 11.3 Å². The third-order valence-corrected chi connectivity index (χ3v) is 4.12. The van der Waals surface area contributed by atoms with Crippen molar-refractivity contribution in [3.05, 3.63) is 71.5 Å². The van der Waals surface area contributed by atoms with E-state index in [4.69, 9.17) is 0 Å². The van der Waals surface area contributed by atoms with Crippen molar-refractivity contribution in [1.29, 1.82) is 0 Å². The van der Waals surface area contributed by atoms with E-state index in [1.165, 1.54) is 17.5 Å². The summed E-state index contributed by atoms with van der Waals surface area (Å²) in [4.78, 5) is 32.6. The molecule has 2 amide bonds. The summed E-state index contributed by atoms with van der Waals surface area (Å²) in [5.74, 6) is -0.575. The summed E-state index contributed by atoms with van der Waals surface area (Å²) in [6.07, 6.45) is 4.07. The molecule has 0 saturated carbocycles. The zero-order chi connectivity index (χ0) is 17.5. The zero-order valence-electron chi connectivity index (χ0n) is 13.3. The van der Waals surface area contributed by atoms with E-state index < -0.39 is 5.91 Å². The van der Waals surface area contributed by atoms with Crippen LogP contribution in [-0.2, 0) is 11.2 Å². The van der Waals surface area contributed by atoms with Gasteiger partial charge in [0, 0.05) is 24.2 Å². The molecule has 2 N–H and O–H groups in total. The molecule has 0 fully saturated rings. The van der Waals surface area contributed by atoms with Gasteiger partial charge in [-0.15, -0.1) is 11.3 Å². The number of hydrogen-bond acceptors (Lipinski definition) is 5. The fourth-order valence-corrected chi connectivity index (χ4v) is 2.77. The van der Waals surface area contributed by atoms with Crippen LogP contribution in [0.25, 0.3) is 0 Å². The minimum absolute atomic E-state index is 0.158. The normalized spacial score (nSPS) is 10.2. The second-order valence-corrected chi connectivity index (χ2v) is 6.12. The monoisotopic (exact) mass is 352 g/mol. The van der Waals surface area contributed by atoms with Gasteiger partial charge in [0.25, 0.3) is 5.91 Å². The van der Waals surface area contributed by atoms with Gasteiger partial charge in [0.1, 0.15) is 0 Å². The molecule has 7 heteroatoms. The Morgan fingerprint density at radius 3 is 2.56 bits per heavy atom. The molecule has 0 bridgehead atoms. The van der Waals surface area contributed by atoms with Crippen LogP contribution in [0.2, 0.25) is 0 Å². The van der Waals surface area contributed by atoms with Gasteiger partial charge < -0.3 is 5.32 Å². The van der Waals surface area contributed by atoms with Crippen molar-refractivity contribution in [1.82, 2.24) is 9.97 Å². The molecule has 0 aliphatic rings. The lowest BCUT2D eigenvalue weighted by Crippen LogP contribution is -2.19. The van der Waals surface area contributed by atoms with Gasteiger partial charge in [-0.3, -0.25) is 14.9 Å². The number of aryl methyl sites for hydroxylation is 1. The number of nitrogens with one attached hydrogen (secondary N) is 2. The lowest BCUT2D eigenvalue weighted by atomic mass is 10.1. The fraction of sp³-hybridized carbons (Fsp3) is 0.111. The number of amides is 2. The first-order valence-electron chi connectivity index (χ1n) is 7.72. The molecule has 25 heavy (non-hydrogen) atoms. The van der Waals surface area contributed by atoms with Crippen LogP contribution in [0.4, 0.5) is 10.8 Å². The van der Waals surface area contributed by atoms with Crippen LogP contribution in [0.5, 0.6) is 0 Å². The van der Waals surface area contributed by atoms with Crippen LogP contribution < -0.4 is 10.6 Å². The molecular weight excluding hydrogens is 336 g/mol. The highest BCUT2D eigenvalue weighted by atomic mass is 32.1. The van der Waals surface area contributed by atoms with Crippen LogP contribution in [-0.4, -0.2) is 21.8 Å². The molecule has 0 aliphatic carbocycles. The van der Waals surface area contributed by atoms with E-state index in [1.54, 1.807) is 23.7 Å². The molecule has 0 aliphatic heterocycles. The van der Waals surface area contributed by atoms with Gasteiger partial charge in [0.05, 0.1) is 5.69 Å². The molecule has 126 valence electrons. The first kappa shape index (κ1) is 16.8. The third kappa shape index (κ3) is 4.71. The Morgan fingerprint density at radius 1 is 0.960 bits per heavy atom. The van der Waals surface area contributed by atoms with E-state index in [9.17, 15) is 9.59 Å². The largest absolute Gasteiger partial charge is 0.324 e. The highest BCUT2D eigenvalue weighted by molar-refractivity contribution is 7.13. The Hall–Kier alpha value is -3.06. The van der Waals surface area contributed by atoms with Crippen molar-refractivity contribution < 1.29 is 9.59 Å². The predicted octanol–water partition coefficient (Wildman–Crippen LogP) is 3.36. The topological polar surface area (TPSA) is 84.0 Å². The van der Waals surface area contributed by atoms with Crippen LogP contribution in [0.3, 0.4) is 0 Å². The molecule has 2 heterocycles. The Balaban J connectivity index is 1.64. The zero-order valence-corrected chi connectivity index (χ0v) is 14.1. The number of pyridine rings is 1. The quantitative estimate of drug-likeness (QED) is 0.712. The van der Waals surface area contributed by atoms with Gasteiger partial charge in [-0.2, -0.15) is 0 Å². The van der Waals surface area contributed by atoms with E-state index in [0.717, 1.165) is 5.56 Å². The molecule has 6 nitrogen and oxygen atoms in total. The molecule has 2 aromatic heterocycles. The molecule has 0 atom stereocenters. The van der Waals surface area contributed by atoms with Crippen molar-refractivity contribution >= 4 is 34.0 Å². The number of rotatable bonds is 6. The summed E-state index contributed by atoms with van der Waals surface area (Å²) >= 11 is 1.31. The Bertz CT molecular complexity index is 851. The standard InChI is InChI=1S/C18H16N4O2S/c23-15(9-8-13-5-2-1-3-6-13)21-14-7-4-10-19-16(14)17(24)22-18-20-11-12-25-18/h1-7,10-12H,8-9H2,(H,21,23)(H,20,22,24). The molecule has 0 spiro atoms. The summed E-state index contributed by atoms with van der Waals surface area (Å²) in [5.41, 5.74) is 1.63. The molecule has 0 unspecified atom stereocenters. The molecular formula is C18H16N4O2S. The summed E-state index contributed by atoms with van der Waals surface area (Å²) < 4.78 is 0. The lowest BCUT2D eigenvalue weighted by molar-refractivity contribution is -0.116. The maximum absolute atomic E-state index is 12.3. The minimum atomic E-state index is -0.408. The summed E-state index contributed by atoms with van der Waals surface area (Å²) in [7, 11) is 0.